The van der Waals surface area contributed by atoms with Crippen LogP contribution in [0.3, 0.4) is 0 Å². The molecule has 638 valence electrons. The van der Waals surface area contributed by atoms with Crippen LogP contribution < -0.4 is 41.7 Å². The van der Waals surface area contributed by atoms with Gasteiger partial charge in [0.15, 0.2) is 17.2 Å². The summed E-state index contributed by atoms with van der Waals surface area (Å²) in [6.07, 6.45) is 7.51. The molecule has 0 radical (unpaired) electrons. The van der Waals surface area contributed by atoms with Crippen molar-refractivity contribution >= 4 is 128 Å². The summed E-state index contributed by atoms with van der Waals surface area (Å²) >= 11 is 21.7. The number of aromatic nitrogens is 4. The highest BCUT2D eigenvalue weighted by Crippen LogP contribution is 2.41. The van der Waals surface area contributed by atoms with Crippen LogP contribution in [0, 0.1) is 24.0 Å². The van der Waals surface area contributed by atoms with Crippen molar-refractivity contribution in [3.8, 4) is 0 Å². The van der Waals surface area contributed by atoms with Crippen molar-refractivity contribution < 1.29 is 87.4 Å². The first-order valence-corrected chi connectivity index (χ1v) is 39.4. The Labute approximate surface area is 710 Å². The van der Waals surface area contributed by atoms with Crippen LogP contribution in [0.5, 0.6) is 0 Å². The second kappa shape index (κ2) is 46.5. The minimum atomic E-state index is -2.80. The summed E-state index contributed by atoms with van der Waals surface area (Å²) in [4.78, 5) is 133. The van der Waals surface area contributed by atoms with E-state index >= 15 is 0 Å². The molecule has 8 aromatic rings. The molecule has 120 heavy (non-hydrogen) atoms. The van der Waals surface area contributed by atoms with Crippen molar-refractivity contribution in [2.75, 3.05) is 20.4 Å². The molecule has 6 aromatic carbocycles. The largest absolute Gasteiger partial charge is 0.444 e. The number of rotatable bonds is 16. The van der Waals surface area contributed by atoms with Crippen LogP contribution in [0.1, 0.15) is 157 Å². The molecule has 3 saturated carbocycles. The summed E-state index contributed by atoms with van der Waals surface area (Å²) in [6, 6.07) is 33.4. The Balaban J connectivity index is 0.000000221. The van der Waals surface area contributed by atoms with Gasteiger partial charge in [-0.1, -0.05) is 115 Å². The molecule has 0 bridgehead atoms. The molecule has 6 aliphatic rings. The first-order valence-electron chi connectivity index (χ1n) is 37.5. The van der Waals surface area contributed by atoms with Crippen molar-refractivity contribution in [1.82, 2.24) is 41.2 Å². The SMILES string of the molecule is Brc1ncccn1.C.Nc1cccc(F)c1.O=C(NC1CCC(F)(F)CC1)[C@H](c1ccccc1Cl)N(C(=O)C1CCC(=O)N1c1ncccn1)c1cccc(F)c1.O=C1CCC(C(=O)N(c2cccc(F)c2)C(C(=O)NC2CCC(F)(F)CC2)c2ccccc2Cl)N1.O=CO[C@@H]1CCC(=O)N1.O=Cc1ccccc1Cl.[C-]#[N+]C1CCC(F)(F)CC1. The lowest BCUT2D eigenvalue weighted by atomic mass is 9.91. The second-order valence-electron chi connectivity index (χ2n) is 27.8. The smallest absolute Gasteiger partial charge is 0.295 e. The molecule has 2 aromatic heterocycles. The molecular formula is C84H86BrCl3F9N13O10. The highest BCUT2D eigenvalue weighted by Gasteiger charge is 2.47. The third kappa shape index (κ3) is 29.4. The number of nitrogens with zero attached hydrogens (tertiary/aromatic N) is 8. The van der Waals surface area contributed by atoms with Gasteiger partial charge in [-0.2, -0.15) is 0 Å². The Morgan fingerprint density at radius 1 is 0.550 bits per heavy atom. The average molecular weight is 1790 g/mol. The number of hydrogen-bond donors (Lipinski definition) is 5. The van der Waals surface area contributed by atoms with Gasteiger partial charge in [0.05, 0.1) is 5.02 Å². The zero-order chi connectivity index (χ0) is 86.4. The molecule has 3 aliphatic carbocycles. The molecule has 36 heteroatoms. The fourth-order valence-electron chi connectivity index (χ4n) is 13.2. The summed E-state index contributed by atoms with van der Waals surface area (Å²) in [7, 11) is 0. The monoisotopic (exact) mass is 1790 g/mol. The molecule has 5 atom stereocenters. The van der Waals surface area contributed by atoms with Crippen molar-refractivity contribution in [3.63, 3.8) is 0 Å². The van der Waals surface area contributed by atoms with E-state index in [1.165, 1.54) is 65.8 Å². The first kappa shape index (κ1) is 96.1. The van der Waals surface area contributed by atoms with E-state index in [9.17, 15) is 82.7 Å². The molecule has 5 heterocycles. The zero-order valence-electron chi connectivity index (χ0n) is 63.5. The molecule has 3 unspecified atom stereocenters. The van der Waals surface area contributed by atoms with Crippen LogP contribution >= 0.6 is 50.7 Å². The number of nitrogens with one attached hydrogen (secondary N) is 4. The summed E-state index contributed by atoms with van der Waals surface area (Å²) in [5.41, 5.74) is 6.91. The molecule has 3 aliphatic heterocycles. The predicted octanol–water partition coefficient (Wildman–Crippen LogP) is 17.1. The number of alkyl halides is 6. The maximum absolute atomic E-state index is 14.5. The number of nitrogens with two attached hydrogens (primary N) is 1. The summed E-state index contributed by atoms with van der Waals surface area (Å²) in [6.45, 7) is 6.95. The number of aldehydes is 1. The van der Waals surface area contributed by atoms with Crippen LogP contribution in [0.25, 0.3) is 4.85 Å². The standard InChI is InChI=1S/C29H27ClF3N5O3.C25H25ClF3N3O3.C7H5ClO.C7H9F2N.C6H6FN.C5H7NO3.C4H3BrN2.CH4/c30-22-8-2-1-7-21(22)25(26(40)36-19-11-13-29(32,33)14-12-19)37(20-6-3-5-18(31)17-20)27(41)23-9-10-24(39)38(23)28-34-15-4-16-35-28;26-19-7-2-1-6-18(19)22(23(34)30-16-10-12-25(28,29)13-11-16)32(17-5-3-4-15(27)14-17)24(35)20-8-9-21(33)31-20;8-7-4-2-1-3-6(7)5-9;1-10-6-2-4-7(8,9)5-3-6;7-5-2-1-3-6(8)4-5;7-3-9-5-2-1-4(8)6-5;5-4-6-2-1-3-7-4;/h1-8,15-17,19,23,25H,9-14H2,(H,36,40);1-7,14,16,20,22H,8-13H2,(H,30,34)(H,31,33);1-5H;6H,2-5H2;1-4H,8H2;3,5H,1-2H2,(H,6,8);1-3H;1H4/t23?,25-;;;;;5-;;/m0....1../s1. The van der Waals surface area contributed by atoms with Gasteiger partial charge in [-0.25, -0.2) is 66.0 Å². The lowest BCUT2D eigenvalue weighted by Gasteiger charge is -2.36. The first-order chi connectivity index (χ1) is 56.8. The van der Waals surface area contributed by atoms with E-state index in [-0.39, 0.29) is 172 Å². The number of carbonyl (C=O) groups excluding carboxylic acids is 9. The normalized spacial score (nSPS) is 18.6. The zero-order valence-corrected chi connectivity index (χ0v) is 67.3. The molecule has 0 spiro atoms. The van der Waals surface area contributed by atoms with Gasteiger partial charge in [-0.3, -0.25) is 57.9 Å². The van der Waals surface area contributed by atoms with Gasteiger partial charge in [-0.15, -0.1) is 0 Å². The third-order valence-electron chi connectivity index (χ3n) is 19.2. The highest BCUT2D eigenvalue weighted by atomic mass is 79.9. The number of nitrogen functional groups attached to an aromatic ring is 1. The Hall–Kier alpha value is -11.1. The van der Waals surface area contributed by atoms with Gasteiger partial charge in [0.25, 0.3) is 18.3 Å². The second-order valence-corrected chi connectivity index (χ2v) is 29.7. The fourth-order valence-corrected chi connectivity index (χ4v) is 14.1. The van der Waals surface area contributed by atoms with Crippen LogP contribution in [0.2, 0.25) is 15.1 Å². The van der Waals surface area contributed by atoms with Gasteiger partial charge < -0.3 is 36.6 Å². The maximum Gasteiger partial charge on any atom is 0.295 e. The molecule has 7 amide bonds. The lowest BCUT2D eigenvalue weighted by Crippen LogP contribution is -2.53. The number of hydrogen-bond acceptors (Lipinski definition) is 15. The van der Waals surface area contributed by atoms with Gasteiger partial charge in [0.2, 0.25) is 59.3 Å². The number of halogens is 13. The lowest BCUT2D eigenvalue weighted by molar-refractivity contribution is -0.135. The van der Waals surface area contributed by atoms with Gasteiger partial charge in [0.1, 0.15) is 41.6 Å². The van der Waals surface area contributed by atoms with Gasteiger partial charge in [-0.05, 0) is 139 Å². The van der Waals surface area contributed by atoms with E-state index in [2.05, 4.69) is 66.7 Å². The quantitative estimate of drug-likeness (QED) is 0.0197. The van der Waals surface area contributed by atoms with E-state index in [0.717, 1.165) is 28.2 Å². The van der Waals surface area contributed by atoms with Crippen molar-refractivity contribution in [3.05, 3.63) is 248 Å². The summed E-state index contributed by atoms with van der Waals surface area (Å²) in [5.74, 6) is -12.9. The molecule has 6 N–H and O–H groups in total. The summed E-state index contributed by atoms with van der Waals surface area (Å²) < 4.78 is 126. The molecule has 14 rings (SSSR count). The van der Waals surface area contributed by atoms with Gasteiger partial charge in [0, 0.05) is 158 Å². The van der Waals surface area contributed by atoms with E-state index < -0.39 is 89.3 Å². The highest BCUT2D eigenvalue weighted by molar-refractivity contribution is 9.10. The summed E-state index contributed by atoms with van der Waals surface area (Å²) in [5, 5.41) is 11.6. The molecule has 6 fully saturated rings. The number of amides is 7. The van der Waals surface area contributed by atoms with Crippen LogP contribution in [0.4, 0.5) is 62.5 Å². The topological polar surface area (TPSA) is 303 Å². The van der Waals surface area contributed by atoms with Crippen molar-refractivity contribution in [2.24, 2.45) is 0 Å². The fraction of sp³-hybridized carbons (Fsp3) is 0.357. The number of carbonyl (C=O) groups is 9. The van der Waals surface area contributed by atoms with E-state index in [1.54, 1.807) is 109 Å². The van der Waals surface area contributed by atoms with Gasteiger partial charge >= 0.3 is 0 Å². The van der Waals surface area contributed by atoms with E-state index in [0.29, 0.717) is 53.2 Å². The minimum absolute atomic E-state index is 0. The Kier molecular flexibility index (Phi) is 37.2. The van der Waals surface area contributed by atoms with E-state index in [4.69, 9.17) is 47.1 Å². The van der Waals surface area contributed by atoms with Crippen LogP contribution in [-0.2, 0) is 43.1 Å². The van der Waals surface area contributed by atoms with Crippen LogP contribution in [-0.4, -0.2) is 128 Å². The van der Waals surface area contributed by atoms with Crippen molar-refractivity contribution in [1.29, 1.82) is 0 Å². The number of ether oxygens (including phenoxy) is 1. The number of anilines is 4. The molecule has 23 nitrogen and oxygen atoms in total. The van der Waals surface area contributed by atoms with Crippen LogP contribution in [0.15, 0.2) is 187 Å². The molecular weight excluding hydrogens is 1710 g/mol. The maximum atomic E-state index is 14.5. The average Bonchev–Trinajstić information content (AvgIpc) is 1.51. The number of benzene rings is 6. The Morgan fingerprint density at radius 2 is 0.983 bits per heavy atom. The molecule has 3 saturated heterocycles. The predicted molar refractivity (Wildman–Crippen MR) is 437 cm³/mol. The Bertz CT molecular complexity index is 4780. The third-order valence-corrected chi connectivity index (χ3v) is 20.6. The minimum Gasteiger partial charge on any atom is -0.444 e. The van der Waals surface area contributed by atoms with E-state index in [1.807, 2.05) is 0 Å². The van der Waals surface area contributed by atoms with Crippen molar-refractivity contribution in [2.45, 2.75) is 189 Å². The Morgan fingerprint density at radius 3 is 1.37 bits per heavy atom.